The number of hydrogen-bond acceptors (Lipinski definition) is 4. The Hall–Kier alpha value is -1.79. The summed E-state index contributed by atoms with van der Waals surface area (Å²) in [5.41, 5.74) is 5.18. The molecule has 3 N–H and O–H groups in total. The van der Waals surface area contributed by atoms with Crippen molar-refractivity contribution in [2.45, 2.75) is 75.5 Å². The van der Waals surface area contributed by atoms with Crippen molar-refractivity contribution in [3.63, 3.8) is 0 Å². The first-order valence-corrected chi connectivity index (χ1v) is 14.3. The number of nitrogens with zero attached hydrogens (tertiary/aromatic N) is 3. The Morgan fingerprint density at radius 3 is 2.38 bits per heavy atom. The third-order valence-corrected chi connectivity index (χ3v) is 9.66. The van der Waals surface area contributed by atoms with Gasteiger partial charge in [0.2, 0.25) is 0 Å². The van der Waals surface area contributed by atoms with E-state index in [1.807, 2.05) is 18.2 Å². The van der Waals surface area contributed by atoms with Crippen molar-refractivity contribution in [1.29, 1.82) is 0 Å². The summed E-state index contributed by atoms with van der Waals surface area (Å²) in [6.45, 7) is 3.76. The van der Waals surface area contributed by atoms with Gasteiger partial charge in [-0.2, -0.15) is 4.98 Å². The molecule has 2 aliphatic carbocycles. The largest absolute Gasteiger partial charge is 0.412 e. The van der Waals surface area contributed by atoms with E-state index in [0.29, 0.717) is 16.8 Å². The molecule has 3 aromatic rings. The Balaban J connectivity index is 0.000000863. The van der Waals surface area contributed by atoms with Crippen LogP contribution in [0.2, 0.25) is 0 Å². The number of aromatic nitrogens is 2. The summed E-state index contributed by atoms with van der Waals surface area (Å²) in [6.07, 6.45) is 12.6. The third kappa shape index (κ3) is 5.09. The number of aliphatic hydroxyl groups excluding tert-OH is 1. The first-order chi connectivity index (χ1) is 18.1. The average molecular weight is 697 g/mol. The molecule has 1 spiro atoms. The van der Waals surface area contributed by atoms with E-state index >= 15 is 0 Å². The Bertz CT molecular complexity index is 1360. The standard InChI is InChI=1S/C30H34BN3O.CH4O.H2O.W/c31-24-8-5-9-26-27(24)28(35)32-29-30(14-2-1-3-15-30)23-18-22(10-11-25(23)34(26)29)21-12-16-33(17-13-21)19-20-6-4-7-20;1-2;;/h5,8-11,18,20-21H,1-4,6-7,12-17,19H2;2H,1H3;1H2;. The van der Waals surface area contributed by atoms with E-state index < -0.39 is 0 Å². The summed E-state index contributed by atoms with van der Waals surface area (Å²) in [5.74, 6) is 2.53. The topological polar surface area (TPSA) is 89.9 Å². The maximum atomic E-state index is 13.2. The van der Waals surface area contributed by atoms with Crippen molar-refractivity contribution in [2.24, 2.45) is 5.92 Å². The molecule has 0 unspecified atom stereocenters. The summed E-state index contributed by atoms with van der Waals surface area (Å²) in [5, 5.41) is 7.55. The second kappa shape index (κ2) is 12.4. The fourth-order valence-electron chi connectivity index (χ4n) is 7.50. The van der Waals surface area contributed by atoms with Gasteiger partial charge in [-0.3, -0.25) is 9.36 Å². The Labute approximate surface area is 247 Å². The van der Waals surface area contributed by atoms with Crippen LogP contribution in [0.4, 0.5) is 0 Å². The van der Waals surface area contributed by atoms with Gasteiger partial charge in [0, 0.05) is 34.7 Å². The van der Waals surface area contributed by atoms with Gasteiger partial charge < -0.3 is 15.5 Å². The molecule has 3 fully saturated rings. The van der Waals surface area contributed by atoms with E-state index in [0.717, 1.165) is 37.2 Å². The second-order valence-electron chi connectivity index (χ2n) is 11.6. The molecule has 206 valence electrons. The van der Waals surface area contributed by atoms with Crippen molar-refractivity contribution in [3.8, 4) is 5.69 Å². The second-order valence-corrected chi connectivity index (χ2v) is 11.6. The minimum atomic E-state index is -0.179. The zero-order valence-corrected chi connectivity index (χ0v) is 25.9. The van der Waals surface area contributed by atoms with Crippen molar-refractivity contribution in [1.82, 2.24) is 14.5 Å². The molecule has 3 heterocycles. The van der Waals surface area contributed by atoms with E-state index in [1.54, 1.807) is 0 Å². The van der Waals surface area contributed by atoms with E-state index in [9.17, 15) is 4.79 Å². The Morgan fingerprint density at radius 1 is 1.00 bits per heavy atom. The van der Waals surface area contributed by atoms with Gasteiger partial charge in [0.1, 0.15) is 13.7 Å². The fraction of sp³-hybridized carbons (Fsp3) is 0.548. The summed E-state index contributed by atoms with van der Waals surface area (Å²) < 4.78 is 2.26. The monoisotopic (exact) mass is 697 g/mol. The summed E-state index contributed by atoms with van der Waals surface area (Å²) >= 11 is 0. The van der Waals surface area contributed by atoms with Crippen LogP contribution in [-0.4, -0.2) is 59.6 Å². The van der Waals surface area contributed by atoms with E-state index in [4.69, 9.17) is 17.9 Å². The van der Waals surface area contributed by atoms with E-state index in [-0.39, 0.29) is 37.5 Å². The van der Waals surface area contributed by atoms with Crippen LogP contribution in [0.15, 0.2) is 41.2 Å². The van der Waals surface area contributed by atoms with Crippen LogP contribution in [0.5, 0.6) is 0 Å². The minimum Gasteiger partial charge on any atom is -0.412 e. The predicted octanol–water partition coefficient (Wildman–Crippen LogP) is 3.50. The molecule has 8 heteroatoms. The van der Waals surface area contributed by atoms with Gasteiger partial charge in [0.15, 0.2) is 0 Å². The first-order valence-electron chi connectivity index (χ1n) is 14.3. The molecule has 0 amide bonds. The van der Waals surface area contributed by atoms with Crippen LogP contribution in [0.25, 0.3) is 16.6 Å². The molecule has 4 aliphatic rings. The molecule has 1 aromatic heterocycles. The Morgan fingerprint density at radius 2 is 1.72 bits per heavy atom. The number of fused-ring (bicyclic) bond motifs is 7. The van der Waals surface area contributed by atoms with Gasteiger partial charge in [-0.25, -0.2) is 0 Å². The normalized spacial score (nSPS) is 20.2. The maximum Gasteiger partial charge on any atom is 0.280 e. The summed E-state index contributed by atoms with van der Waals surface area (Å²) in [7, 11) is 7.26. The maximum absolute atomic E-state index is 13.2. The third-order valence-electron chi connectivity index (χ3n) is 9.66. The van der Waals surface area contributed by atoms with Gasteiger partial charge in [0.05, 0.1) is 22.0 Å². The van der Waals surface area contributed by atoms with Crippen molar-refractivity contribution < 1.29 is 31.6 Å². The fourth-order valence-corrected chi connectivity index (χ4v) is 7.50. The molecule has 39 heavy (non-hydrogen) atoms. The zero-order valence-electron chi connectivity index (χ0n) is 23.0. The molecule has 0 atom stereocenters. The van der Waals surface area contributed by atoms with Gasteiger partial charge >= 0.3 is 0 Å². The van der Waals surface area contributed by atoms with Gasteiger partial charge in [-0.1, -0.05) is 55.4 Å². The van der Waals surface area contributed by atoms with Crippen molar-refractivity contribution in [2.75, 3.05) is 26.7 Å². The average Bonchev–Trinajstić information content (AvgIpc) is 3.16. The first kappa shape index (κ1) is 30.2. The molecule has 6 nitrogen and oxygen atoms in total. The molecule has 2 aromatic carbocycles. The van der Waals surface area contributed by atoms with E-state index in [1.165, 1.54) is 87.8 Å². The van der Waals surface area contributed by atoms with Gasteiger partial charge in [-0.05, 0) is 86.7 Å². The van der Waals surface area contributed by atoms with Gasteiger partial charge in [0.25, 0.3) is 5.56 Å². The molecule has 2 saturated carbocycles. The summed E-state index contributed by atoms with van der Waals surface area (Å²) in [4.78, 5) is 20.6. The number of likely N-dealkylation sites (tertiary alicyclic amines) is 1. The smallest absolute Gasteiger partial charge is 0.280 e. The number of benzene rings is 2. The molecule has 2 radical (unpaired) electrons. The molecule has 0 bridgehead atoms. The van der Waals surface area contributed by atoms with Crippen LogP contribution in [-0.2, 0) is 26.5 Å². The molecular weight excluding hydrogens is 657 g/mol. The minimum absolute atomic E-state index is 0. The Kier molecular flexibility index (Phi) is 9.58. The SMILES string of the molecule is CO.O.[B]c1cccc2c1c(=O)nc1n2-c2ccc(C3CCN(CC4CCC4)CC3)cc2C12CCCCC2.[W]. The number of aliphatic hydroxyl groups is 1. The van der Waals surface area contributed by atoms with Crippen LogP contribution >= 0.6 is 0 Å². The van der Waals surface area contributed by atoms with Crippen LogP contribution in [0.3, 0.4) is 0 Å². The number of hydrogen-bond donors (Lipinski definition) is 1. The quantitative estimate of drug-likeness (QED) is 0.425. The van der Waals surface area contributed by atoms with Crippen molar-refractivity contribution >= 4 is 24.2 Å². The molecule has 1 saturated heterocycles. The zero-order chi connectivity index (χ0) is 25.6. The van der Waals surface area contributed by atoms with Crippen LogP contribution in [0, 0.1) is 5.92 Å². The van der Waals surface area contributed by atoms with Crippen LogP contribution < -0.4 is 11.0 Å². The predicted molar refractivity (Wildman–Crippen MR) is 154 cm³/mol. The molecule has 7 rings (SSSR count). The summed E-state index contributed by atoms with van der Waals surface area (Å²) in [6, 6.07) is 13.0. The number of rotatable bonds is 3. The number of piperidine rings is 1. The van der Waals surface area contributed by atoms with Gasteiger partial charge in [-0.15, -0.1) is 0 Å². The molecule has 2 aliphatic heterocycles. The molecular formula is C31H40BN3O3W. The van der Waals surface area contributed by atoms with E-state index in [2.05, 4.69) is 27.7 Å². The van der Waals surface area contributed by atoms with Crippen LogP contribution in [0.1, 0.15) is 87.1 Å². The van der Waals surface area contributed by atoms with Crippen molar-refractivity contribution in [3.05, 3.63) is 63.7 Å².